The van der Waals surface area contributed by atoms with Crippen molar-refractivity contribution in [1.29, 1.82) is 0 Å². The molecule has 2 aromatic rings. The van der Waals surface area contributed by atoms with Crippen LogP contribution in [0.3, 0.4) is 0 Å². The lowest BCUT2D eigenvalue weighted by molar-refractivity contribution is -0.128. The summed E-state index contributed by atoms with van der Waals surface area (Å²) in [6.45, 7) is 9.69. The highest BCUT2D eigenvalue weighted by Gasteiger charge is 2.24. The Hall–Kier alpha value is -1.87. The predicted octanol–water partition coefficient (Wildman–Crippen LogP) is 2.50. The molecular weight excluding hydrogens is 396 g/mol. The highest BCUT2D eigenvalue weighted by Crippen LogP contribution is 2.26. The van der Waals surface area contributed by atoms with Crippen LogP contribution in [-0.4, -0.2) is 40.1 Å². The molecule has 0 spiro atoms. The molecule has 2 aromatic heterocycles. The number of rotatable bonds is 8. The van der Waals surface area contributed by atoms with Crippen LogP contribution in [0.25, 0.3) is 10.2 Å². The lowest BCUT2D eigenvalue weighted by Crippen LogP contribution is -2.48. The van der Waals surface area contributed by atoms with Crippen molar-refractivity contribution in [2.24, 2.45) is 5.92 Å². The van der Waals surface area contributed by atoms with E-state index in [4.69, 9.17) is 0 Å². The zero-order valence-corrected chi connectivity index (χ0v) is 18.8. The lowest BCUT2D eigenvalue weighted by Gasteiger charge is -2.21. The monoisotopic (exact) mass is 424 g/mol. The van der Waals surface area contributed by atoms with E-state index < -0.39 is 6.04 Å². The van der Waals surface area contributed by atoms with Crippen LogP contribution in [-0.2, 0) is 15.3 Å². The van der Waals surface area contributed by atoms with Gasteiger partial charge in [-0.3, -0.25) is 14.4 Å². The minimum atomic E-state index is -0.549. The third kappa shape index (κ3) is 5.35. The van der Waals surface area contributed by atoms with Gasteiger partial charge in [-0.2, -0.15) is 0 Å². The number of thiophene rings is 1. The van der Waals surface area contributed by atoms with E-state index in [1.807, 2.05) is 27.7 Å². The van der Waals surface area contributed by atoms with Crippen molar-refractivity contribution >= 4 is 45.1 Å². The van der Waals surface area contributed by atoms with E-state index in [2.05, 4.69) is 20.6 Å². The fourth-order valence-electron chi connectivity index (χ4n) is 2.81. The molecule has 2 heterocycles. The number of amides is 2. The molecule has 0 aliphatic heterocycles. The Kier molecular flexibility index (Phi) is 7.65. The second-order valence-electron chi connectivity index (χ2n) is 7.23. The van der Waals surface area contributed by atoms with E-state index in [0.29, 0.717) is 23.4 Å². The first-order valence-electron chi connectivity index (χ1n) is 9.26. The molecule has 0 saturated carbocycles. The van der Waals surface area contributed by atoms with Crippen molar-refractivity contribution in [1.82, 2.24) is 20.6 Å². The molecule has 2 unspecified atom stereocenters. The number of aromatic amines is 1. The summed E-state index contributed by atoms with van der Waals surface area (Å²) in [5.74, 6) is 0.840. The van der Waals surface area contributed by atoms with Crippen LogP contribution in [0, 0.1) is 19.8 Å². The van der Waals surface area contributed by atoms with Crippen LogP contribution in [0.15, 0.2) is 4.79 Å². The Morgan fingerprint density at radius 3 is 2.50 bits per heavy atom. The number of H-pyrrole nitrogens is 1. The van der Waals surface area contributed by atoms with E-state index >= 15 is 0 Å². The Labute approximate surface area is 173 Å². The number of thioether (sulfide) groups is 1. The van der Waals surface area contributed by atoms with Crippen molar-refractivity contribution < 1.29 is 9.59 Å². The first-order valence-corrected chi connectivity index (χ1v) is 11.1. The standard InChI is InChI=1S/C19H28N4O3S2/c1-9(2)7-13(17(25)20-6)21-16(24)12(5)27-8-14-22-18(26)15-10(3)11(4)28-19(15)23-14/h9,12-13H,7-8H2,1-6H3,(H,20,25)(H,21,24)(H,22,23,26). The number of carbonyl (C=O) groups excluding carboxylic acids is 2. The second kappa shape index (κ2) is 9.56. The van der Waals surface area contributed by atoms with Crippen molar-refractivity contribution in [3.05, 3.63) is 26.6 Å². The minimum absolute atomic E-state index is 0.142. The molecule has 2 amide bonds. The van der Waals surface area contributed by atoms with Gasteiger partial charge in [0.1, 0.15) is 16.7 Å². The van der Waals surface area contributed by atoms with Gasteiger partial charge in [-0.15, -0.1) is 23.1 Å². The van der Waals surface area contributed by atoms with Gasteiger partial charge in [-0.05, 0) is 38.7 Å². The number of aromatic nitrogens is 2. The molecule has 0 aromatic carbocycles. The van der Waals surface area contributed by atoms with Crippen LogP contribution >= 0.6 is 23.1 Å². The van der Waals surface area contributed by atoms with Gasteiger partial charge >= 0.3 is 0 Å². The fraction of sp³-hybridized carbons (Fsp3) is 0.579. The van der Waals surface area contributed by atoms with E-state index in [1.165, 1.54) is 23.1 Å². The summed E-state index contributed by atoms with van der Waals surface area (Å²) in [5.41, 5.74) is 0.822. The quantitative estimate of drug-likeness (QED) is 0.604. The Bertz CT molecular complexity index is 920. The highest BCUT2D eigenvalue weighted by molar-refractivity contribution is 7.99. The Morgan fingerprint density at radius 1 is 1.21 bits per heavy atom. The zero-order chi connectivity index (χ0) is 21.0. The maximum atomic E-state index is 12.5. The molecule has 0 aliphatic rings. The molecule has 7 nitrogen and oxygen atoms in total. The van der Waals surface area contributed by atoms with Crippen molar-refractivity contribution in [3.8, 4) is 0 Å². The molecule has 2 rings (SSSR count). The average Bonchev–Trinajstić information content (AvgIpc) is 2.92. The van der Waals surface area contributed by atoms with Gasteiger partial charge in [0.2, 0.25) is 11.8 Å². The van der Waals surface area contributed by atoms with Gasteiger partial charge in [0.15, 0.2) is 0 Å². The molecule has 3 N–H and O–H groups in total. The molecule has 0 saturated heterocycles. The number of nitrogens with one attached hydrogen (secondary N) is 3. The van der Waals surface area contributed by atoms with Crippen LogP contribution in [0.1, 0.15) is 43.5 Å². The third-order valence-electron chi connectivity index (χ3n) is 4.51. The number of aryl methyl sites for hydroxylation is 2. The van der Waals surface area contributed by atoms with Gasteiger partial charge in [-0.1, -0.05) is 13.8 Å². The van der Waals surface area contributed by atoms with E-state index in [9.17, 15) is 14.4 Å². The minimum Gasteiger partial charge on any atom is -0.357 e. The van der Waals surface area contributed by atoms with Gasteiger partial charge in [0, 0.05) is 11.9 Å². The fourth-order valence-corrected chi connectivity index (χ4v) is 4.63. The summed E-state index contributed by atoms with van der Waals surface area (Å²) in [4.78, 5) is 46.0. The number of likely N-dealkylation sites (N-methyl/N-ethyl adjacent to an activating group) is 1. The molecule has 28 heavy (non-hydrogen) atoms. The zero-order valence-electron chi connectivity index (χ0n) is 17.1. The van der Waals surface area contributed by atoms with Crippen molar-refractivity contribution in [2.75, 3.05) is 7.05 Å². The lowest BCUT2D eigenvalue weighted by atomic mass is 10.0. The van der Waals surface area contributed by atoms with Crippen LogP contribution in [0.2, 0.25) is 0 Å². The molecule has 0 aliphatic carbocycles. The molecule has 0 fully saturated rings. The maximum absolute atomic E-state index is 12.5. The van der Waals surface area contributed by atoms with Crippen LogP contribution in [0.4, 0.5) is 0 Å². The summed E-state index contributed by atoms with van der Waals surface area (Å²) >= 11 is 2.88. The molecule has 0 radical (unpaired) electrons. The van der Waals surface area contributed by atoms with Gasteiger partial charge in [0.25, 0.3) is 5.56 Å². The molecule has 154 valence electrons. The second-order valence-corrected chi connectivity index (χ2v) is 9.77. The normalized spacial score (nSPS) is 13.5. The molecule has 2 atom stereocenters. The predicted molar refractivity (Wildman–Crippen MR) is 116 cm³/mol. The highest BCUT2D eigenvalue weighted by atomic mass is 32.2. The van der Waals surface area contributed by atoms with E-state index in [-0.39, 0.29) is 28.5 Å². The van der Waals surface area contributed by atoms with Crippen LogP contribution in [0.5, 0.6) is 0 Å². The largest absolute Gasteiger partial charge is 0.357 e. The first-order chi connectivity index (χ1) is 13.1. The summed E-state index contributed by atoms with van der Waals surface area (Å²) < 4.78 is 0. The van der Waals surface area contributed by atoms with E-state index in [0.717, 1.165) is 15.3 Å². The smallest absolute Gasteiger partial charge is 0.259 e. The Morgan fingerprint density at radius 2 is 1.89 bits per heavy atom. The average molecular weight is 425 g/mol. The number of carbonyl (C=O) groups is 2. The first kappa shape index (κ1) is 22.4. The SMILES string of the molecule is CNC(=O)C(CC(C)C)NC(=O)C(C)SCc1nc2sc(C)c(C)c2c(=O)[nH]1. The van der Waals surface area contributed by atoms with Gasteiger partial charge in [0.05, 0.1) is 16.4 Å². The van der Waals surface area contributed by atoms with Crippen molar-refractivity contribution in [2.45, 2.75) is 58.1 Å². The number of fused-ring (bicyclic) bond motifs is 1. The van der Waals surface area contributed by atoms with E-state index in [1.54, 1.807) is 14.0 Å². The summed E-state index contributed by atoms with van der Waals surface area (Å²) in [7, 11) is 1.56. The topological polar surface area (TPSA) is 104 Å². The number of hydrogen-bond donors (Lipinski definition) is 3. The third-order valence-corrected chi connectivity index (χ3v) is 6.77. The molecule has 9 heteroatoms. The summed E-state index contributed by atoms with van der Waals surface area (Å²) in [5, 5.41) is 5.68. The summed E-state index contributed by atoms with van der Waals surface area (Å²) in [6.07, 6.45) is 0.575. The summed E-state index contributed by atoms with van der Waals surface area (Å²) in [6, 6.07) is -0.549. The number of hydrogen-bond acceptors (Lipinski definition) is 6. The van der Waals surface area contributed by atoms with Gasteiger partial charge in [-0.25, -0.2) is 4.98 Å². The van der Waals surface area contributed by atoms with Gasteiger partial charge < -0.3 is 15.6 Å². The molecular formula is C19H28N4O3S2. The van der Waals surface area contributed by atoms with Crippen molar-refractivity contribution in [3.63, 3.8) is 0 Å². The number of nitrogens with zero attached hydrogens (tertiary/aromatic N) is 1. The molecule has 0 bridgehead atoms. The maximum Gasteiger partial charge on any atom is 0.259 e. The van der Waals surface area contributed by atoms with Crippen LogP contribution < -0.4 is 16.2 Å². The Balaban J connectivity index is 2.03.